The molecule has 0 heterocycles. The van der Waals surface area contributed by atoms with Crippen LogP contribution < -0.4 is 0 Å². The van der Waals surface area contributed by atoms with Crippen molar-refractivity contribution in [1.82, 2.24) is 4.90 Å². The van der Waals surface area contributed by atoms with Gasteiger partial charge >= 0.3 is 0 Å². The number of hydrogen-bond donors (Lipinski definition) is 1. The summed E-state index contributed by atoms with van der Waals surface area (Å²) < 4.78 is 0.564. The van der Waals surface area contributed by atoms with Gasteiger partial charge in [-0.2, -0.15) is 5.26 Å². The van der Waals surface area contributed by atoms with Gasteiger partial charge in [0.25, 0.3) is 0 Å². The van der Waals surface area contributed by atoms with E-state index in [9.17, 15) is 0 Å². The lowest BCUT2D eigenvalue weighted by molar-refractivity contribution is 0.519. The molecule has 0 fully saturated rings. The Bertz CT molecular complexity index is 365. The zero-order chi connectivity index (χ0) is 10.6. The van der Waals surface area contributed by atoms with Crippen molar-refractivity contribution in [2.24, 2.45) is 0 Å². The lowest BCUT2D eigenvalue weighted by atomic mass is 10.1. The first-order chi connectivity index (χ1) is 6.63. The minimum absolute atomic E-state index is 0.564. The fourth-order valence-electron chi connectivity index (χ4n) is 1.03. The van der Waals surface area contributed by atoms with E-state index in [-0.39, 0.29) is 0 Å². The second kappa shape index (κ2) is 4.99. The summed E-state index contributed by atoms with van der Waals surface area (Å²) in [5, 5.41) is 8.61. The predicted octanol–water partition coefficient (Wildman–Crippen LogP) is 2.20. The first-order valence-electron chi connectivity index (χ1n) is 4.06. The van der Waals surface area contributed by atoms with Gasteiger partial charge in [-0.05, 0) is 17.7 Å². The summed E-state index contributed by atoms with van der Waals surface area (Å²) >= 11 is 8.97. The molecule has 0 aliphatic rings. The topological polar surface area (TPSA) is 27.0 Å². The molecule has 0 atom stereocenters. The predicted molar refractivity (Wildman–Crippen MR) is 64.2 cm³/mol. The maximum Gasteiger partial charge on any atom is 0.133 e. The molecule has 0 aliphatic heterocycles. The van der Waals surface area contributed by atoms with E-state index >= 15 is 0 Å². The van der Waals surface area contributed by atoms with Gasteiger partial charge in [0.2, 0.25) is 0 Å². The third-order valence-corrected chi connectivity index (χ3v) is 2.48. The largest absolute Gasteiger partial charge is 0.356 e. The van der Waals surface area contributed by atoms with Crippen LogP contribution in [0.2, 0.25) is 0 Å². The first-order valence-corrected chi connectivity index (χ1v) is 4.92. The minimum atomic E-state index is 0.564. The molecule has 1 rings (SSSR count). The van der Waals surface area contributed by atoms with Crippen molar-refractivity contribution < 1.29 is 0 Å². The monoisotopic (exact) mass is 222 g/mol. The van der Waals surface area contributed by atoms with Crippen molar-refractivity contribution in [3.63, 3.8) is 0 Å². The van der Waals surface area contributed by atoms with Gasteiger partial charge in [-0.15, -0.1) is 12.6 Å². The number of benzene rings is 1. The maximum atomic E-state index is 8.61. The van der Waals surface area contributed by atoms with Gasteiger partial charge in [0, 0.05) is 13.6 Å². The van der Waals surface area contributed by atoms with E-state index in [4.69, 9.17) is 17.5 Å². The molecular formula is C10H10N2S2. The highest BCUT2D eigenvalue weighted by Crippen LogP contribution is 2.07. The van der Waals surface area contributed by atoms with Crippen LogP contribution >= 0.6 is 24.8 Å². The van der Waals surface area contributed by atoms with Crippen molar-refractivity contribution >= 4 is 29.2 Å². The molecule has 4 heteroatoms. The van der Waals surface area contributed by atoms with Crippen LogP contribution in [0.15, 0.2) is 24.3 Å². The average molecular weight is 222 g/mol. The standard InChI is InChI=1S/C10H10N2S2/c1-12(10(13)14)7-9-4-2-8(6-11)3-5-9/h2-5H,7H2,1H3,(H,13,14). The van der Waals surface area contributed by atoms with E-state index in [2.05, 4.69) is 18.7 Å². The lowest BCUT2D eigenvalue weighted by Gasteiger charge is -2.16. The van der Waals surface area contributed by atoms with Crippen LogP contribution in [-0.4, -0.2) is 16.3 Å². The lowest BCUT2D eigenvalue weighted by Crippen LogP contribution is -2.19. The van der Waals surface area contributed by atoms with Gasteiger partial charge < -0.3 is 4.90 Å². The number of rotatable bonds is 2. The third kappa shape index (κ3) is 3.02. The molecule has 0 aliphatic carbocycles. The molecule has 0 spiro atoms. The minimum Gasteiger partial charge on any atom is -0.356 e. The summed E-state index contributed by atoms with van der Waals surface area (Å²) in [7, 11) is 1.88. The van der Waals surface area contributed by atoms with Crippen LogP contribution in [0.25, 0.3) is 0 Å². The van der Waals surface area contributed by atoms with Gasteiger partial charge in [-0.1, -0.05) is 24.4 Å². The molecule has 0 amide bonds. The summed E-state index contributed by atoms with van der Waals surface area (Å²) in [5.74, 6) is 0. The van der Waals surface area contributed by atoms with Crippen molar-refractivity contribution in [2.45, 2.75) is 6.54 Å². The fourth-order valence-corrected chi connectivity index (χ4v) is 1.16. The number of nitrogens with zero attached hydrogens (tertiary/aromatic N) is 2. The second-order valence-corrected chi connectivity index (χ2v) is 4.06. The summed E-state index contributed by atoms with van der Waals surface area (Å²) in [4.78, 5) is 1.86. The van der Waals surface area contributed by atoms with Gasteiger partial charge in [-0.25, -0.2) is 0 Å². The van der Waals surface area contributed by atoms with Crippen LogP contribution in [0.4, 0.5) is 0 Å². The third-order valence-electron chi connectivity index (χ3n) is 1.83. The number of thiocarbonyl (C=S) groups is 1. The highest BCUT2D eigenvalue weighted by molar-refractivity contribution is 8.10. The van der Waals surface area contributed by atoms with E-state index in [1.54, 1.807) is 12.1 Å². The Morgan fingerprint density at radius 2 is 2.07 bits per heavy atom. The van der Waals surface area contributed by atoms with E-state index in [1.807, 2.05) is 24.1 Å². The van der Waals surface area contributed by atoms with Crippen molar-refractivity contribution in [3.8, 4) is 6.07 Å². The summed E-state index contributed by atoms with van der Waals surface area (Å²) in [6, 6.07) is 9.50. The van der Waals surface area contributed by atoms with Crippen LogP contribution in [0.3, 0.4) is 0 Å². The molecule has 0 bridgehead atoms. The Balaban J connectivity index is 2.70. The van der Waals surface area contributed by atoms with Gasteiger partial charge in [0.05, 0.1) is 11.6 Å². The fraction of sp³-hybridized carbons (Fsp3) is 0.200. The summed E-state index contributed by atoms with van der Waals surface area (Å²) in [6.07, 6.45) is 0. The normalized spacial score (nSPS) is 9.21. The van der Waals surface area contributed by atoms with Gasteiger partial charge in [-0.3, -0.25) is 0 Å². The molecule has 1 aromatic rings. The zero-order valence-corrected chi connectivity index (χ0v) is 9.48. The summed E-state index contributed by atoms with van der Waals surface area (Å²) in [5.41, 5.74) is 1.78. The van der Waals surface area contributed by atoms with Crippen molar-refractivity contribution in [1.29, 1.82) is 5.26 Å². The summed E-state index contributed by atoms with van der Waals surface area (Å²) in [6.45, 7) is 0.716. The molecule has 0 unspecified atom stereocenters. The zero-order valence-electron chi connectivity index (χ0n) is 7.77. The van der Waals surface area contributed by atoms with Gasteiger partial charge in [0.15, 0.2) is 0 Å². The van der Waals surface area contributed by atoms with Crippen molar-refractivity contribution in [3.05, 3.63) is 35.4 Å². The molecular weight excluding hydrogens is 212 g/mol. The molecule has 0 saturated heterocycles. The van der Waals surface area contributed by atoms with Crippen LogP contribution in [0.1, 0.15) is 11.1 Å². The molecule has 0 saturated carbocycles. The van der Waals surface area contributed by atoms with Crippen LogP contribution in [0, 0.1) is 11.3 Å². The molecule has 14 heavy (non-hydrogen) atoms. The average Bonchev–Trinajstić information content (AvgIpc) is 2.19. The first kappa shape index (κ1) is 11.0. The highest BCUT2D eigenvalue weighted by atomic mass is 32.1. The SMILES string of the molecule is CN(Cc1ccc(C#N)cc1)C(=S)S. The number of nitriles is 1. The number of thiol groups is 1. The molecule has 72 valence electrons. The second-order valence-electron chi connectivity index (χ2n) is 2.95. The van der Waals surface area contributed by atoms with E-state index in [1.165, 1.54) is 0 Å². The van der Waals surface area contributed by atoms with Crippen molar-refractivity contribution in [2.75, 3.05) is 7.05 Å². The highest BCUT2D eigenvalue weighted by Gasteiger charge is 2.00. The maximum absolute atomic E-state index is 8.61. The Kier molecular flexibility index (Phi) is 3.93. The molecule has 0 N–H and O–H groups in total. The Labute approximate surface area is 94.6 Å². The smallest absolute Gasteiger partial charge is 0.133 e. The van der Waals surface area contributed by atoms with Gasteiger partial charge in [0.1, 0.15) is 4.32 Å². The molecule has 2 nitrogen and oxygen atoms in total. The Morgan fingerprint density at radius 3 is 2.50 bits per heavy atom. The number of hydrogen-bond acceptors (Lipinski definition) is 2. The molecule has 0 radical (unpaired) electrons. The van der Waals surface area contributed by atoms with Crippen LogP contribution in [0.5, 0.6) is 0 Å². The Hall–Kier alpha value is -1.05. The van der Waals surface area contributed by atoms with Crippen LogP contribution in [-0.2, 0) is 6.54 Å². The molecule has 0 aromatic heterocycles. The quantitative estimate of drug-likeness (QED) is 0.614. The van der Waals surface area contributed by atoms with E-state index < -0.39 is 0 Å². The Morgan fingerprint density at radius 1 is 1.50 bits per heavy atom. The molecule has 1 aromatic carbocycles. The van der Waals surface area contributed by atoms with E-state index in [0.717, 1.165) is 5.56 Å². The van der Waals surface area contributed by atoms with E-state index in [0.29, 0.717) is 16.4 Å².